The molecule has 0 bridgehead atoms. The van der Waals surface area contributed by atoms with Crippen molar-refractivity contribution in [3.8, 4) is 0 Å². The Morgan fingerprint density at radius 3 is 1.05 bits per heavy atom. The van der Waals surface area contributed by atoms with Crippen LogP contribution in [0.1, 0.15) is 125 Å². The fraction of sp³-hybridized carbons (Fsp3) is 1.00. The minimum atomic E-state index is 0.866. The lowest BCUT2D eigenvalue weighted by molar-refractivity contribution is 0.374. The van der Waals surface area contributed by atoms with Gasteiger partial charge >= 0.3 is 0 Å². The summed E-state index contributed by atoms with van der Waals surface area (Å²) in [6.45, 7) is 11.8. The van der Waals surface area contributed by atoms with Gasteiger partial charge in [0.15, 0.2) is 0 Å². The third kappa shape index (κ3) is 16.4. The first kappa shape index (κ1) is 22.0. The highest BCUT2D eigenvalue weighted by Gasteiger charge is 2.05. The van der Waals surface area contributed by atoms with Crippen LogP contribution < -0.4 is 0 Å². The van der Waals surface area contributed by atoms with Crippen LogP contribution in [0.4, 0.5) is 0 Å². The molecule has 0 nitrogen and oxygen atoms in total. The number of rotatable bonds is 16. The molecule has 0 aliphatic rings. The average Bonchev–Trinajstić information content (AvgIpc) is 2.46. The molecule has 0 amide bonds. The van der Waals surface area contributed by atoms with Gasteiger partial charge in [0.25, 0.3) is 0 Å². The van der Waals surface area contributed by atoms with Crippen LogP contribution >= 0.6 is 0 Å². The zero-order chi connectivity index (χ0) is 16.6. The summed E-state index contributed by atoms with van der Waals surface area (Å²) in [5.41, 5.74) is 0. The van der Waals surface area contributed by atoms with Crippen molar-refractivity contribution in [1.82, 2.24) is 0 Å². The highest BCUT2D eigenvalue weighted by molar-refractivity contribution is 4.57. The van der Waals surface area contributed by atoms with Crippen LogP contribution in [0, 0.1) is 17.8 Å². The lowest BCUT2D eigenvalue weighted by atomic mass is 9.92. The van der Waals surface area contributed by atoms with E-state index >= 15 is 0 Å². The van der Waals surface area contributed by atoms with Crippen LogP contribution in [0.3, 0.4) is 0 Å². The van der Waals surface area contributed by atoms with E-state index in [1.807, 2.05) is 0 Å². The van der Waals surface area contributed by atoms with Crippen molar-refractivity contribution in [3.05, 3.63) is 0 Å². The lowest BCUT2D eigenvalue weighted by Gasteiger charge is -2.14. The van der Waals surface area contributed by atoms with Gasteiger partial charge < -0.3 is 0 Å². The highest BCUT2D eigenvalue weighted by Crippen LogP contribution is 2.19. The molecule has 0 saturated carbocycles. The highest BCUT2D eigenvalue weighted by atomic mass is 14.1. The molecule has 1 atom stereocenters. The minimum absolute atomic E-state index is 0.866. The molecule has 0 spiro atoms. The zero-order valence-electron chi connectivity index (χ0n) is 16.6. The summed E-state index contributed by atoms with van der Waals surface area (Å²) >= 11 is 0. The van der Waals surface area contributed by atoms with Gasteiger partial charge in [-0.1, -0.05) is 125 Å². The van der Waals surface area contributed by atoms with E-state index in [9.17, 15) is 0 Å². The molecule has 0 fully saturated rings. The van der Waals surface area contributed by atoms with Crippen molar-refractivity contribution in [2.45, 2.75) is 125 Å². The van der Waals surface area contributed by atoms with E-state index < -0.39 is 0 Å². The Hall–Kier alpha value is 0. The third-order valence-electron chi connectivity index (χ3n) is 5.33. The molecular formula is C22H46. The van der Waals surface area contributed by atoms with Gasteiger partial charge in [-0.05, 0) is 17.8 Å². The van der Waals surface area contributed by atoms with Crippen molar-refractivity contribution in [1.29, 1.82) is 0 Å². The van der Waals surface area contributed by atoms with Gasteiger partial charge in [-0.25, -0.2) is 0 Å². The van der Waals surface area contributed by atoms with Crippen LogP contribution in [-0.2, 0) is 0 Å². The van der Waals surface area contributed by atoms with E-state index in [0.29, 0.717) is 0 Å². The minimum Gasteiger partial charge on any atom is -0.0628 e. The first-order valence-corrected chi connectivity index (χ1v) is 10.5. The summed E-state index contributed by atoms with van der Waals surface area (Å²) < 4.78 is 0. The summed E-state index contributed by atoms with van der Waals surface area (Å²) in [6, 6.07) is 0. The zero-order valence-corrected chi connectivity index (χ0v) is 16.6. The predicted octanol–water partition coefficient (Wildman–Crippen LogP) is 8.40. The van der Waals surface area contributed by atoms with Crippen LogP contribution in [0.2, 0.25) is 0 Å². The Labute approximate surface area is 142 Å². The van der Waals surface area contributed by atoms with Gasteiger partial charge in [0.05, 0.1) is 0 Å². The maximum atomic E-state index is 2.41. The normalized spacial score (nSPS) is 13.2. The van der Waals surface area contributed by atoms with Crippen molar-refractivity contribution >= 4 is 0 Å². The van der Waals surface area contributed by atoms with Gasteiger partial charge in [-0.2, -0.15) is 0 Å². The molecule has 0 rings (SSSR count). The van der Waals surface area contributed by atoms with Crippen LogP contribution in [0.5, 0.6) is 0 Å². The molecule has 0 aliphatic heterocycles. The molecule has 22 heavy (non-hydrogen) atoms. The Morgan fingerprint density at radius 2 is 0.727 bits per heavy atom. The molecule has 0 aromatic carbocycles. The van der Waals surface area contributed by atoms with E-state index in [-0.39, 0.29) is 0 Å². The fourth-order valence-corrected chi connectivity index (χ4v) is 3.12. The molecule has 0 N–H and O–H groups in total. The second-order valence-electron chi connectivity index (χ2n) is 8.44. The molecule has 0 aromatic rings. The van der Waals surface area contributed by atoms with Crippen molar-refractivity contribution in [2.24, 2.45) is 17.8 Å². The molecule has 0 heteroatoms. The monoisotopic (exact) mass is 310 g/mol. The molecular weight excluding hydrogens is 264 g/mol. The van der Waals surface area contributed by atoms with Gasteiger partial charge in [0.1, 0.15) is 0 Å². The molecule has 0 aliphatic carbocycles. The largest absolute Gasteiger partial charge is 0.0628 e. The summed E-state index contributed by atoms with van der Waals surface area (Å²) in [5.74, 6) is 2.68. The first-order chi connectivity index (χ1) is 10.5. The number of hydrogen-bond acceptors (Lipinski definition) is 0. The third-order valence-corrected chi connectivity index (χ3v) is 5.33. The number of hydrogen-bond donors (Lipinski definition) is 0. The Balaban J connectivity index is 3.06. The molecule has 0 heterocycles. The van der Waals surface area contributed by atoms with Gasteiger partial charge in [-0.3, -0.25) is 0 Å². The summed E-state index contributed by atoms with van der Waals surface area (Å²) in [6.07, 6.45) is 20.5. The van der Waals surface area contributed by atoms with Crippen LogP contribution in [0.25, 0.3) is 0 Å². The molecule has 0 radical (unpaired) electrons. The Morgan fingerprint density at radius 1 is 0.409 bits per heavy atom. The van der Waals surface area contributed by atoms with Crippen LogP contribution in [-0.4, -0.2) is 0 Å². The molecule has 134 valence electrons. The lowest BCUT2D eigenvalue weighted by Crippen LogP contribution is -2.03. The smallest absolute Gasteiger partial charge is 0.0420 e. The molecule has 1 unspecified atom stereocenters. The van der Waals surface area contributed by atoms with E-state index in [1.54, 1.807) is 0 Å². The van der Waals surface area contributed by atoms with Gasteiger partial charge in [-0.15, -0.1) is 0 Å². The quantitative estimate of drug-likeness (QED) is 0.251. The second kappa shape index (κ2) is 15.9. The second-order valence-corrected chi connectivity index (χ2v) is 8.44. The summed E-state index contributed by atoms with van der Waals surface area (Å²) in [7, 11) is 0. The standard InChI is InChI=1S/C22H46/c1-20(2)18-16-14-12-10-8-6-7-9-11-13-15-17-19-22(5)21(3)4/h20-22H,6-19H2,1-5H3. The van der Waals surface area contributed by atoms with E-state index in [2.05, 4.69) is 34.6 Å². The van der Waals surface area contributed by atoms with E-state index in [1.165, 1.54) is 89.9 Å². The van der Waals surface area contributed by atoms with E-state index in [0.717, 1.165) is 17.8 Å². The fourth-order valence-electron chi connectivity index (χ4n) is 3.12. The average molecular weight is 311 g/mol. The summed E-state index contributed by atoms with van der Waals surface area (Å²) in [4.78, 5) is 0. The predicted molar refractivity (Wildman–Crippen MR) is 103 cm³/mol. The van der Waals surface area contributed by atoms with Crippen LogP contribution in [0.15, 0.2) is 0 Å². The SMILES string of the molecule is CC(C)CCCCCCCCCCCCCCC(C)C(C)C. The number of unbranched alkanes of at least 4 members (excludes halogenated alkanes) is 11. The van der Waals surface area contributed by atoms with E-state index in [4.69, 9.17) is 0 Å². The Bertz CT molecular complexity index is 204. The molecule has 0 aromatic heterocycles. The maximum Gasteiger partial charge on any atom is -0.0420 e. The van der Waals surface area contributed by atoms with Gasteiger partial charge in [0, 0.05) is 0 Å². The van der Waals surface area contributed by atoms with Crippen molar-refractivity contribution < 1.29 is 0 Å². The van der Waals surface area contributed by atoms with Crippen molar-refractivity contribution in [3.63, 3.8) is 0 Å². The maximum absolute atomic E-state index is 2.41. The topological polar surface area (TPSA) is 0 Å². The Kier molecular flexibility index (Phi) is 15.9. The summed E-state index contributed by atoms with van der Waals surface area (Å²) in [5, 5.41) is 0. The van der Waals surface area contributed by atoms with Gasteiger partial charge in [0.2, 0.25) is 0 Å². The van der Waals surface area contributed by atoms with Crippen molar-refractivity contribution in [2.75, 3.05) is 0 Å². The molecule has 0 saturated heterocycles. The first-order valence-electron chi connectivity index (χ1n) is 10.5.